The molecule has 0 aliphatic rings. The summed E-state index contributed by atoms with van der Waals surface area (Å²) in [5, 5.41) is 9.58. The highest BCUT2D eigenvalue weighted by Gasteiger charge is 2.28. The number of aliphatic carboxylic acids is 1. The molecular formula is C17H15FN2O4S. The maximum absolute atomic E-state index is 13.8. The molecule has 0 bridgehead atoms. The van der Waals surface area contributed by atoms with Crippen molar-refractivity contribution in [3.8, 4) is 0 Å². The Balaban J connectivity index is 2.37. The van der Waals surface area contributed by atoms with Gasteiger partial charge in [0.05, 0.1) is 11.3 Å². The molecular weight excluding hydrogens is 347 g/mol. The minimum absolute atomic E-state index is 0.000495. The van der Waals surface area contributed by atoms with Crippen molar-refractivity contribution in [3.05, 3.63) is 59.2 Å². The van der Waals surface area contributed by atoms with Crippen molar-refractivity contribution in [2.24, 2.45) is 0 Å². The quantitative estimate of drug-likeness (QED) is 0.771. The third-order valence-corrected chi connectivity index (χ3v) is 6.04. The van der Waals surface area contributed by atoms with Crippen LogP contribution in [-0.4, -0.2) is 28.5 Å². The maximum Gasteiger partial charge on any atom is 0.307 e. The number of aromatic nitrogens is 2. The van der Waals surface area contributed by atoms with Gasteiger partial charge in [0.1, 0.15) is 5.82 Å². The number of halogens is 1. The fraction of sp³-hybridized carbons (Fsp3) is 0.176. The molecule has 0 aliphatic carbocycles. The smallest absolute Gasteiger partial charge is 0.307 e. The van der Waals surface area contributed by atoms with E-state index < -0.39 is 21.8 Å². The molecule has 0 radical (unpaired) electrons. The summed E-state index contributed by atoms with van der Waals surface area (Å²) in [6.07, 6.45) is 1.09. The van der Waals surface area contributed by atoms with E-state index in [0.29, 0.717) is 10.9 Å². The Morgan fingerprint density at radius 1 is 1.24 bits per heavy atom. The lowest BCUT2D eigenvalue weighted by Crippen LogP contribution is -2.17. The Labute approximate surface area is 143 Å². The minimum Gasteiger partial charge on any atom is -0.481 e. The van der Waals surface area contributed by atoms with E-state index in [2.05, 4.69) is 4.98 Å². The highest BCUT2D eigenvalue weighted by atomic mass is 32.2. The monoisotopic (exact) mass is 362 g/mol. The topological polar surface area (TPSA) is 89.3 Å². The van der Waals surface area contributed by atoms with Crippen molar-refractivity contribution in [1.82, 2.24) is 8.96 Å². The summed E-state index contributed by atoms with van der Waals surface area (Å²) in [7, 11) is -4.14. The Morgan fingerprint density at radius 3 is 2.64 bits per heavy atom. The van der Waals surface area contributed by atoms with Crippen LogP contribution in [0.4, 0.5) is 4.39 Å². The number of benzene rings is 1. The number of carboxylic acid groups (broad SMARTS) is 1. The molecule has 8 heteroatoms. The van der Waals surface area contributed by atoms with Gasteiger partial charge in [-0.3, -0.25) is 4.79 Å². The van der Waals surface area contributed by atoms with E-state index in [9.17, 15) is 17.6 Å². The van der Waals surface area contributed by atoms with Crippen molar-refractivity contribution in [2.75, 3.05) is 0 Å². The second-order valence-corrected chi connectivity index (χ2v) is 7.40. The van der Waals surface area contributed by atoms with Gasteiger partial charge in [-0.15, -0.1) is 0 Å². The first-order valence-electron chi connectivity index (χ1n) is 7.42. The highest BCUT2D eigenvalue weighted by Crippen LogP contribution is 2.30. The van der Waals surface area contributed by atoms with E-state index in [0.717, 1.165) is 3.97 Å². The molecule has 25 heavy (non-hydrogen) atoms. The van der Waals surface area contributed by atoms with Crippen LogP contribution >= 0.6 is 0 Å². The number of pyridine rings is 1. The summed E-state index contributed by atoms with van der Waals surface area (Å²) in [4.78, 5) is 15.1. The van der Waals surface area contributed by atoms with Crippen LogP contribution in [0.1, 0.15) is 16.8 Å². The molecule has 0 unspecified atom stereocenters. The molecule has 0 atom stereocenters. The molecule has 0 saturated heterocycles. The van der Waals surface area contributed by atoms with Gasteiger partial charge < -0.3 is 5.11 Å². The van der Waals surface area contributed by atoms with E-state index in [4.69, 9.17) is 5.11 Å². The number of nitrogens with zero attached hydrogens (tertiary/aromatic N) is 2. The predicted octanol–water partition coefficient (Wildman–Crippen LogP) is 2.66. The molecule has 3 aromatic rings. The summed E-state index contributed by atoms with van der Waals surface area (Å²) < 4.78 is 41.1. The van der Waals surface area contributed by atoms with Crippen molar-refractivity contribution in [1.29, 1.82) is 0 Å². The van der Waals surface area contributed by atoms with E-state index in [1.807, 2.05) is 0 Å². The number of hydrogen-bond acceptors (Lipinski definition) is 4. The van der Waals surface area contributed by atoms with Crippen LogP contribution in [0.15, 0.2) is 41.4 Å². The van der Waals surface area contributed by atoms with Gasteiger partial charge in [-0.2, -0.15) is 0 Å². The molecule has 1 aromatic carbocycles. The van der Waals surface area contributed by atoms with E-state index >= 15 is 0 Å². The van der Waals surface area contributed by atoms with Crippen molar-refractivity contribution in [3.63, 3.8) is 0 Å². The Hall–Kier alpha value is -2.74. The van der Waals surface area contributed by atoms with Gasteiger partial charge in [-0.25, -0.2) is 21.8 Å². The highest BCUT2D eigenvalue weighted by molar-refractivity contribution is 7.90. The molecule has 0 amide bonds. The normalized spacial score (nSPS) is 11.8. The fourth-order valence-corrected chi connectivity index (χ4v) is 4.68. The molecule has 2 heterocycles. The zero-order valence-electron chi connectivity index (χ0n) is 13.5. The van der Waals surface area contributed by atoms with Gasteiger partial charge in [0.25, 0.3) is 10.0 Å². The summed E-state index contributed by atoms with van der Waals surface area (Å²) in [5.74, 6) is -1.71. The number of rotatable bonds is 4. The largest absolute Gasteiger partial charge is 0.481 e. The summed E-state index contributed by atoms with van der Waals surface area (Å²) in [5.41, 5.74) is 0.743. The van der Waals surface area contributed by atoms with Crippen LogP contribution in [0.3, 0.4) is 0 Å². The molecule has 130 valence electrons. The van der Waals surface area contributed by atoms with Crippen LogP contribution in [0.2, 0.25) is 0 Å². The molecule has 0 aliphatic heterocycles. The predicted molar refractivity (Wildman–Crippen MR) is 89.5 cm³/mol. The zero-order valence-corrected chi connectivity index (χ0v) is 14.3. The number of carbonyl (C=O) groups is 1. The van der Waals surface area contributed by atoms with Gasteiger partial charge in [-0.1, -0.05) is 6.07 Å². The van der Waals surface area contributed by atoms with Gasteiger partial charge in [0.2, 0.25) is 0 Å². The molecule has 0 spiro atoms. The second kappa shape index (κ2) is 5.96. The zero-order chi connectivity index (χ0) is 18.4. The molecule has 6 nitrogen and oxygen atoms in total. The van der Waals surface area contributed by atoms with Crippen LogP contribution in [0, 0.1) is 19.7 Å². The lowest BCUT2D eigenvalue weighted by molar-refractivity contribution is -0.136. The number of fused-ring (bicyclic) bond motifs is 1. The van der Waals surface area contributed by atoms with E-state index in [1.165, 1.54) is 38.2 Å². The lowest BCUT2D eigenvalue weighted by Gasteiger charge is -2.12. The van der Waals surface area contributed by atoms with Gasteiger partial charge in [0, 0.05) is 22.8 Å². The Bertz CT molecular complexity index is 1100. The first-order valence-corrected chi connectivity index (χ1v) is 8.86. The van der Waals surface area contributed by atoms with Gasteiger partial charge in [0.15, 0.2) is 5.65 Å². The first-order chi connectivity index (χ1) is 11.7. The van der Waals surface area contributed by atoms with Crippen molar-refractivity contribution < 1.29 is 22.7 Å². The molecule has 3 rings (SSSR count). The van der Waals surface area contributed by atoms with E-state index in [1.54, 1.807) is 12.1 Å². The SMILES string of the molecule is Cc1c(F)cccc1S(=O)(=O)n1c(C)c(CC(=O)O)c2cccnc21. The van der Waals surface area contributed by atoms with Crippen LogP contribution < -0.4 is 0 Å². The average molecular weight is 362 g/mol. The lowest BCUT2D eigenvalue weighted by atomic mass is 10.1. The Kier molecular flexibility index (Phi) is 4.08. The van der Waals surface area contributed by atoms with E-state index in [-0.39, 0.29) is 28.2 Å². The maximum atomic E-state index is 13.8. The van der Waals surface area contributed by atoms with Gasteiger partial charge >= 0.3 is 5.97 Å². The standard InChI is InChI=1S/C17H15FN2O4S/c1-10-14(18)6-3-7-15(10)25(23,24)20-11(2)13(9-16(21)22)12-5-4-8-19-17(12)20/h3-8H,9H2,1-2H3,(H,21,22). The first kappa shape index (κ1) is 17.1. The summed E-state index contributed by atoms with van der Waals surface area (Å²) >= 11 is 0. The molecule has 0 saturated carbocycles. The molecule has 0 fully saturated rings. The molecule has 1 N–H and O–H groups in total. The average Bonchev–Trinajstić information content (AvgIpc) is 2.82. The fourth-order valence-electron chi connectivity index (χ4n) is 2.90. The second-order valence-electron chi connectivity index (χ2n) is 5.64. The van der Waals surface area contributed by atoms with Crippen LogP contribution in [0.25, 0.3) is 11.0 Å². The minimum atomic E-state index is -4.14. The van der Waals surface area contributed by atoms with Crippen LogP contribution in [0.5, 0.6) is 0 Å². The number of carboxylic acids is 1. The van der Waals surface area contributed by atoms with Crippen molar-refractivity contribution >= 4 is 27.0 Å². The van der Waals surface area contributed by atoms with Gasteiger partial charge in [-0.05, 0) is 43.7 Å². The third kappa shape index (κ3) is 2.68. The summed E-state index contributed by atoms with van der Waals surface area (Å²) in [6.45, 7) is 2.90. The molecule has 2 aromatic heterocycles. The van der Waals surface area contributed by atoms with Crippen LogP contribution in [-0.2, 0) is 21.2 Å². The summed E-state index contributed by atoms with van der Waals surface area (Å²) in [6, 6.07) is 7.05. The number of hydrogen-bond donors (Lipinski definition) is 1. The Morgan fingerprint density at radius 2 is 1.96 bits per heavy atom. The third-order valence-electron chi connectivity index (χ3n) is 4.11. The van der Waals surface area contributed by atoms with Crippen molar-refractivity contribution in [2.45, 2.75) is 25.2 Å².